The lowest BCUT2D eigenvalue weighted by atomic mass is 9.78. The second kappa shape index (κ2) is 6.56. The lowest BCUT2D eigenvalue weighted by molar-refractivity contribution is 0.297. The van der Waals surface area contributed by atoms with E-state index in [0.717, 1.165) is 36.7 Å². The first-order valence-corrected chi connectivity index (χ1v) is 7.60. The van der Waals surface area contributed by atoms with Crippen LogP contribution < -0.4 is 11.1 Å². The molecule has 1 aliphatic carbocycles. The first kappa shape index (κ1) is 14.6. The zero-order valence-electron chi connectivity index (χ0n) is 11.4. The third-order valence-electron chi connectivity index (χ3n) is 3.89. The molecule has 1 unspecified atom stereocenters. The Balaban J connectivity index is 2.07. The fourth-order valence-electron chi connectivity index (χ4n) is 2.74. The van der Waals surface area contributed by atoms with Crippen molar-refractivity contribution in [2.75, 3.05) is 13.1 Å². The molecule has 0 spiro atoms. The van der Waals surface area contributed by atoms with Crippen molar-refractivity contribution in [2.24, 2.45) is 5.73 Å². The number of nitrogens with two attached hydrogens (primary N) is 1. The molecular weight excluding hydrogens is 300 g/mol. The van der Waals surface area contributed by atoms with E-state index in [4.69, 9.17) is 5.73 Å². The van der Waals surface area contributed by atoms with Gasteiger partial charge in [0.15, 0.2) is 0 Å². The smallest absolute Gasteiger partial charge is 0.0348 e. The van der Waals surface area contributed by atoms with Crippen LogP contribution in [0.2, 0.25) is 0 Å². The van der Waals surface area contributed by atoms with Crippen molar-refractivity contribution in [2.45, 2.75) is 38.1 Å². The van der Waals surface area contributed by atoms with Crippen molar-refractivity contribution in [3.05, 3.63) is 33.8 Å². The van der Waals surface area contributed by atoms with Crippen molar-refractivity contribution in [3.63, 3.8) is 0 Å². The van der Waals surface area contributed by atoms with Gasteiger partial charge in [0.2, 0.25) is 0 Å². The third-order valence-corrected chi connectivity index (χ3v) is 4.38. The van der Waals surface area contributed by atoms with Crippen molar-refractivity contribution in [1.82, 2.24) is 5.32 Å². The molecule has 0 aliphatic heterocycles. The largest absolute Gasteiger partial charge is 0.329 e. The molecule has 0 amide bonds. The standard InChI is InChI=1S/C16H21BrN2/c1-2-3-4-9-19-16(12-18)8-7-13-10-15(17)6-5-14(13)11-16/h5-6,10,19H,4,7-9,11-12,18H2,1H3. The van der Waals surface area contributed by atoms with Crippen LogP contribution in [0.5, 0.6) is 0 Å². The molecule has 2 rings (SSSR count). The van der Waals surface area contributed by atoms with Crippen LogP contribution >= 0.6 is 15.9 Å². The normalized spacial score (nSPS) is 21.4. The van der Waals surface area contributed by atoms with Gasteiger partial charge in [0.25, 0.3) is 0 Å². The summed E-state index contributed by atoms with van der Waals surface area (Å²) in [7, 11) is 0. The Hall–Kier alpha value is -0.820. The molecule has 0 fully saturated rings. The van der Waals surface area contributed by atoms with Gasteiger partial charge in [0.05, 0.1) is 0 Å². The van der Waals surface area contributed by atoms with Gasteiger partial charge >= 0.3 is 0 Å². The summed E-state index contributed by atoms with van der Waals surface area (Å²) in [6.07, 6.45) is 4.11. The minimum atomic E-state index is 0.0518. The number of benzene rings is 1. The van der Waals surface area contributed by atoms with E-state index in [-0.39, 0.29) is 5.54 Å². The van der Waals surface area contributed by atoms with E-state index in [2.05, 4.69) is 51.3 Å². The maximum absolute atomic E-state index is 6.03. The molecule has 0 bridgehead atoms. The molecule has 0 radical (unpaired) electrons. The van der Waals surface area contributed by atoms with Gasteiger partial charge in [0, 0.05) is 29.5 Å². The highest BCUT2D eigenvalue weighted by Gasteiger charge is 2.32. The summed E-state index contributed by atoms with van der Waals surface area (Å²) >= 11 is 3.54. The summed E-state index contributed by atoms with van der Waals surface area (Å²) in [5.41, 5.74) is 8.96. The second-order valence-corrected chi connectivity index (χ2v) is 6.09. The van der Waals surface area contributed by atoms with Crippen molar-refractivity contribution < 1.29 is 0 Å². The number of hydrogen-bond donors (Lipinski definition) is 2. The van der Waals surface area contributed by atoms with E-state index >= 15 is 0 Å². The van der Waals surface area contributed by atoms with E-state index in [9.17, 15) is 0 Å². The zero-order valence-corrected chi connectivity index (χ0v) is 13.0. The Kier molecular flexibility index (Phi) is 5.04. The van der Waals surface area contributed by atoms with Crippen LogP contribution in [0, 0.1) is 11.8 Å². The van der Waals surface area contributed by atoms with Gasteiger partial charge in [-0.15, -0.1) is 11.8 Å². The third kappa shape index (κ3) is 3.60. The predicted octanol–water partition coefficient (Wildman–Crippen LogP) is 2.64. The molecular formula is C16H21BrN2. The maximum Gasteiger partial charge on any atom is 0.0348 e. The van der Waals surface area contributed by atoms with Crippen LogP contribution in [0.25, 0.3) is 0 Å². The van der Waals surface area contributed by atoms with Gasteiger partial charge in [0.1, 0.15) is 0 Å². The number of rotatable bonds is 4. The summed E-state index contributed by atoms with van der Waals surface area (Å²) < 4.78 is 1.16. The molecule has 1 aliphatic rings. The summed E-state index contributed by atoms with van der Waals surface area (Å²) in [5.74, 6) is 6.03. The number of hydrogen-bond acceptors (Lipinski definition) is 2. The number of fused-ring (bicyclic) bond motifs is 1. The number of nitrogens with one attached hydrogen (secondary N) is 1. The van der Waals surface area contributed by atoms with Crippen LogP contribution in [0.15, 0.2) is 22.7 Å². The Labute approximate surface area is 124 Å². The monoisotopic (exact) mass is 320 g/mol. The molecule has 102 valence electrons. The minimum Gasteiger partial charge on any atom is -0.329 e. The van der Waals surface area contributed by atoms with Gasteiger partial charge in [-0.05, 0) is 49.4 Å². The van der Waals surface area contributed by atoms with Crippen LogP contribution in [0.3, 0.4) is 0 Å². The molecule has 0 aromatic heterocycles. The summed E-state index contributed by atoms with van der Waals surface area (Å²) in [4.78, 5) is 0. The van der Waals surface area contributed by atoms with Gasteiger partial charge in [-0.1, -0.05) is 22.0 Å². The Bertz CT molecular complexity index is 501. The fourth-order valence-corrected chi connectivity index (χ4v) is 3.15. The van der Waals surface area contributed by atoms with Crippen molar-refractivity contribution in [3.8, 4) is 11.8 Å². The van der Waals surface area contributed by atoms with Crippen LogP contribution in [-0.2, 0) is 12.8 Å². The molecule has 0 saturated carbocycles. The SMILES string of the molecule is CC#CCCNC1(CN)CCc2cc(Br)ccc2C1. The second-order valence-electron chi connectivity index (χ2n) is 5.18. The van der Waals surface area contributed by atoms with Crippen LogP contribution in [-0.4, -0.2) is 18.6 Å². The van der Waals surface area contributed by atoms with Gasteiger partial charge in [-0.2, -0.15) is 0 Å². The first-order valence-electron chi connectivity index (χ1n) is 6.81. The number of aryl methyl sites for hydroxylation is 1. The van der Waals surface area contributed by atoms with Crippen LogP contribution in [0.4, 0.5) is 0 Å². The Morgan fingerprint density at radius 2 is 2.26 bits per heavy atom. The van der Waals surface area contributed by atoms with Crippen molar-refractivity contribution >= 4 is 15.9 Å². The first-order chi connectivity index (χ1) is 9.19. The average Bonchev–Trinajstić information content (AvgIpc) is 2.44. The molecule has 2 nitrogen and oxygen atoms in total. The fraction of sp³-hybridized carbons (Fsp3) is 0.500. The highest BCUT2D eigenvalue weighted by atomic mass is 79.9. The molecule has 3 N–H and O–H groups in total. The van der Waals surface area contributed by atoms with Crippen LogP contribution in [0.1, 0.15) is 30.9 Å². The van der Waals surface area contributed by atoms with Gasteiger partial charge < -0.3 is 11.1 Å². The molecule has 1 aromatic rings. The molecule has 0 saturated heterocycles. The molecule has 1 aromatic carbocycles. The maximum atomic E-state index is 6.03. The summed E-state index contributed by atoms with van der Waals surface area (Å²) in [5, 5.41) is 3.64. The highest BCUT2D eigenvalue weighted by Crippen LogP contribution is 2.30. The molecule has 3 heteroatoms. The predicted molar refractivity (Wildman–Crippen MR) is 84.0 cm³/mol. The highest BCUT2D eigenvalue weighted by molar-refractivity contribution is 9.10. The molecule has 19 heavy (non-hydrogen) atoms. The van der Waals surface area contributed by atoms with E-state index in [1.165, 1.54) is 11.1 Å². The number of halogens is 1. The average molecular weight is 321 g/mol. The minimum absolute atomic E-state index is 0.0518. The van der Waals surface area contributed by atoms with Gasteiger partial charge in [-0.3, -0.25) is 0 Å². The quantitative estimate of drug-likeness (QED) is 0.661. The Morgan fingerprint density at radius 3 is 3.00 bits per heavy atom. The van der Waals surface area contributed by atoms with E-state index < -0.39 is 0 Å². The van der Waals surface area contributed by atoms with E-state index in [1.54, 1.807) is 0 Å². The topological polar surface area (TPSA) is 38.0 Å². The van der Waals surface area contributed by atoms with Crippen molar-refractivity contribution in [1.29, 1.82) is 0 Å². The lowest BCUT2D eigenvalue weighted by Gasteiger charge is -2.38. The molecule has 1 atom stereocenters. The van der Waals surface area contributed by atoms with Gasteiger partial charge in [-0.25, -0.2) is 0 Å². The summed E-state index contributed by atoms with van der Waals surface area (Å²) in [6, 6.07) is 6.57. The molecule has 0 heterocycles. The zero-order chi connectivity index (χ0) is 13.7. The summed E-state index contributed by atoms with van der Waals surface area (Å²) in [6.45, 7) is 3.49. The Morgan fingerprint density at radius 1 is 1.42 bits per heavy atom. The van der Waals surface area contributed by atoms with E-state index in [0.29, 0.717) is 6.54 Å². The van der Waals surface area contributed by atoms with E-state index in [1.807, 2.05) is 6.92 Å². The lowest BCUT2D eigenvalue weighted by Crippen LogP contribution is -2.55.